The summed E-state index contributed by atoms with van der Waals surface area (Å²) < 4.78 is 42.9. The number of fused-ring (bicyclic) bond motifs is 3. The number of alkyl halides is 3. The standard InChI is InChI=1S/C17H19F3N6O/c1-21-8-14(27)25-5-3-12(17(18,19)20)11(9-25)16-24-7-10-6-23-15-13(26(10)16)2-4-22-15/h2,4,6-7,11-12,21-22H,3,5,8-9H2,1H3. The summed E-state index contributed by atoms with van der Waals surface area (Å²) in [7, 11) is 1.63. The summed E-state index contributed by atoms with van der Waals surface area (Å²) in [6, 6.07) is 1.76. The predicted molar refractivity (Wildman–Crippen MR) is 92.3 cm³/mol. The second kappa shape index (κ2) is 6.52. The van der Waals surface area contributed by atoms with Crippen molar-refractivity contribution in [1.82, 2.24) is 29.6 Å². The van der Waals surface area contributed by atoms with Crippen molar-refractivity contribution in [3.8, 4) is 0 Å². The maximum absolute atomic E-state index is 13.7. The van der Waals surface area contributed by atoms with E-state index in [0.717, 1.165) is 0 Å². The number of hydrogen-bond donors (Lipinski definition) is 2. The topological polar surface area (TPSA) is 78.3 Å². The molecule has 0 aliphatic carbocycles. The summed E-state index contributed by atoms with van der Waals surface area (Å²) in [5.74, 6) is -2.40. The lowest BCUT2D eigenvalue weighted by atomic mass is 9.84. The first-order valence-corrected chi connectivity index (χ1v) is 8.68. The van der Waals surface area contributed by atoms with Gasteiger partial charge in [0.05, 0.1) is 35.9 Å². The van der Waals surface area contributed by atoms with E-state index in [2.05, 4.69) is 20.3 Å². The van der Waals surface area contributed by atoms with Gasteiger partial charge in [-0.1, -0.05) is 0 Å². The summed E-state index contributed by atoms with van der Waals surface area (Å²) >= 11 is 0. The minimum atomic E-state index is -4.36. The molecule has 27 heavy (non-hydrogen) atoms. The highest BCUT2D eigenvalue weighted by Gasteiger charge is 2.49. The van der Waals surface area contributed by atoms with Crippen LogP contribution >= 0.6 is 0 Å². The van der Waals surface area contributed by atoms with Crippen LogP contribution in [-0.4, -0.2) is 63.0 Å². The normalized spacial score (nSPS) is 21.3. The second-order valence-electron chi connectivity index (χ2n) is 6.76. The summed E-state index contributed by atoms with van der Waals surface area (Å²) in [4.78, 5) is 25.3. The number of halogens is 3. The third kappa shape index (κ3) is 3.03. The number of aromatic nitrogens is 4. The molecule has 4 heterocycles. The molecule has 1 fully saturated rings. The number of carbonyl (C=O) groups is 1. The van der Waals surface area contributed by atoms with E-state index in [0.29, 0.717) is 22.5 Å². The number of likely N-dealkylation sites (tertiary alicyclic amines) is 1. The fourth-order valence-electron chi connectivity index (χ4n) is 3.86. The van der Waals surface area contributed by atoms with Crippen molar-refractivity contribution in [2.24, 2.45) is 5.92 Å². The van der Waals surface area contributed by atoms with E-state index in [9.17, 15) is 18.0 Å². The highest BCUT2D eigenvalue weighted by molar-refractivity contribution is 5.78. The lowest BCUT2D eigenvalue weighted by Gasteiger charge is -2.38. The van der Waals surface area contributed by atoms with Crippen LogP contribution in [0.4, 0.5) is 13.2 Å². The Kier molecular flexibility index (Phi) is 4.29. The fraction of sp³-hybridized carbons (Fsp3) is 0.471. The van der Waals surface area contributed by atoms with Crippen molar-refractivity contribution in [2.45, 2.75) is 18.5 Å². The molecule has 10 heteroatoms. The summed E-state index contributed by atoms with van der Waals surface area (Å²) in [5, 5.41) is 2.76. The zero-order valence-electron chi connectivity index (χ0n) is 14.6. The first-order valence-electron chi connectivity index (χ1n) is 8.68. The van der Waals surface area contributed by atoms with Gasteiger partial charge in [0.25, 0.3) is 0 Å². The van der Waals surface area contributed by atoms with Gasteiger partial charge in [-0.15, -0.1) is 0 Å². The Bertz CT molecular complexity index is 978. The van der Waals surface area contributed by atoms with Crippen LogP contribution in [-0.2, 0) is 4.79 Å². The van der Waals surface area contributed by atoms with E-state index in [-0.39, 0.29) is 32.0 Å². The van der Waals surface area contributed by atoms with Gasteiger partial charge in [-0.2, -0.15) is 13.2 Å². The van der Waals surface area contributed by atoms with Crippen molar-refractivity contribution in [3.63, 3.8) is 0 Å². The summed E-state index contributed by atoms with van der Waals surface area (Å²) in [6.07, 6.45) is 0.284. The molecule has 0 aromatic carbocycles. The second-order valence-corrected chi connectivity index (χ2v) is 6.76. The zero-order valence-corrected chi connectivity index (χ0v) is 14.6. The van der Waals surface area contributed by atoms with Crippen molar-refractivity contribution in [2.75, 3.05) is 26.7 Å². The third-order valence-electron chi connectivity index (χ3n) is 5.13. The molecule has 1 aliphatic rings. The smallest absolute Gasteiger partial charge is 0.345 e. The van der Waals surface area contributed by atoms with Crippen LogP contribution in [0.5, 0.6) is 0 Å². The van der Waals surface area contributed by atoms with Crippen molar-refractivity contribution >= 4 is 22.6 Å². The predicted octanol–water partition coefficient (Wildman–Crippen LogP) is 1.92. The first kappa shape index (κ1) is 17.8. The van der Waals surface area contributed by atoms with Crippen LogP contribution in [0, 0.1) is 5.92 Å². The Hall–Kier alpha value is -2.62. The monoisotopic (exact) mass is 380 g/mol. The minimum absolute atomic E-state index is 0.0158. The fourth-order valence-corrected chi connectivity index (χ4v) is 3.86. The Morgan fingerprint density at radius 1 is 1.37 bits per heavy atom. The van der Waals surface area contributed by atoms with Gasteiger partial charge in [0.2, 0.25) is 5.91 Å². The molecule has 3 aromatic heterocycles. The first-order chi connectivity index (χ1) is 12.9. The molecule has 144 valence electrons. The van der Waals surface area contributed by atoms with Gasteiger partial charge < -0.3 is 15.2 Å². The lowest BCUT2D eigenvalue weighted by Crippen LogP contribution is -2.49. The number of carbonyl (C=O) groups excluding carboxylic acids is 1. The van der Waals surface area contributed by atoms with Gasteiger partial charge in [0.1, 0.15) is 5.82 Å². The molecule has 4 rings (SSSR count). The Morgan fingerprint density at radius 3 is 2.89 bits per heavy atom. The van der Waals surface area contributed by atoms with E-state index in [4.69, 9.17) is 0 Å². The summed E-state index contributed by atoms with van der Waals surface area (Å²) in [6.45, 7) is 0.168. The van der Waals surface area contributed by atoms with E-state index in [1.807, 2.05) is 0 Å². The van der Waals surface area contributed by atoms with E-state index < -0.39 is 18.0 Å². The molecule has 0 spiro atoms. The quantitative estimate of drug-likeness (QED) is 0.728. The van der Waals surface area contributed by atoms with Gasteiger partial charge in [0.15, 0.2) is 5.65 Å². The highest BCUT2D eigenvalue weighted by Crippen LogP contribution is 2.43. The molecular formula is C17H19F3N6O. The van der Waals surface area contributed by atoms with E-state index in [1.165, 1.54) is 11.1 Å². The maximum atomic E-state index is 13.7. The zero-order chi connectivity index (χ0) is 19.2. The molecule has 7 nitrogen and oxygen atoms in total. The van der Waals surface area contributed by atoms with Crippen molar-refractivity contribution in [1.29, 1.82) is 0 Å². The Morgan fingerprint density at radius 2 is 2.15 bits per heavy atom. The third-order valence-corrected chi connectivity index (χ3v) is 5.13. The number of imidazole rings is 1. The van der Waals surface area contributed by atoms with Gasteiger partial charge in [-0.25, -0.2) is 9.97 Å². The minimum Gasteiger partial charge on any atom is -0.345 e. The molecular weight excluding hydrogens is 361 g/mol. The van der Waals surface area contributed by atoms with Crippen LogP contribution in [0.3, 0.4) is 0 Å². The number of H-pyrrole nitrogens is 1. The van der Waals surface area contributed by atoms with Crippen LogP contribution in [0.2, 0.25) is 0 Å². The SMILES string of the molecule is CNCC(=O)N1CCC(C(F)(F)F)C(c2ncc3cnc4[nH]ccc4n23)C1. The molecule has 0 bridgehead atoms. The van der Waals surface area contributed by atoms with Crippen molar-refractivity contribution in [3.05, 3.63) is 30.5 Å². The molecule has 1 amide bonds. The molecule has 1 saturated heterocycles. The molecule has 2 unspecified atom stereocenters. The molecule has 3 aromatic rings. The van der Waals surface area contributed by atoms with Crippen LogP contribution in [0.15, 0.2) is 24.7 Å². The maximum Gasteiger partial charge on any atom is 0.392 e. The average molecular weight is 380 g/mol. The van der Waals surface area contributed by atoms with E-state index >= 15 is 0 Å². The number of amides is 1. The largest absolute Gasteiger partial charge is 0.392 e. The number of aromatic amines is 1. The van der Waals surface area contributed by atoms with E-state index in [1.54, 1.807) is 29.9 Å². The highest BCUT2D eigenvalue weighted by atomic mass is 19.4. The van der Waals surface area contributed by atoms with Crippen LogP contribution in [0.1, 0.15) is 18.2 Å². The number of rotatable bonds is 3. The Balaban J connectivity index is 1.80. The number of nitrogens with one attached hydrogen (secondary N) is 2. The Labute approximate surface area is 152 Å². The number of hydrogen-bond acceptors (Lipinski definition) is 4. The van der Waals surface area contributed by atoms with Gasteiger partial charge in [-0.05, 0) is 19.5 Å². The molecule has 0 saturated carbocycles. The van der Waals surface area contributed by atoms with Gasteiger partial charge in [0, 0.05) is 25.2 Å². The molecule has 2 atom stereocenters. The number of likely N-dealkylation sites (N-methyl/N-ethyl adjacent to an activating group) is 1. The number of nitrogens with zero attached hydrogens (tertiary/aromatic N) is 4. The average Bonchev–Trinajstić information content (AvgIpc) is 3.26. The number of piperidine rings is 1. The molecule has 2 N–H and O–H groups in total. The molecule has 1 aliphatic heterocycles. The van der Waals surface area contributed by atoms with Gasteiger partial charge in [-0.3, -0.25) is 9.20 Å². The lowest BCUT2D eigenvalue weighted by molar-refractivity contribution is -0.192. The summed E-state index contributed by atoms with van der Waals surface area (Å²) in [5.41, 5.74) is 1.86. The van der Waals surface area contributed by atoms with Crippen LogP contribution in [0.25, 0.3) is 16.7 Å². The van der Waals surface area contributed by atoms with Gasteiger partial charge >= 0.3 is 6.18 Å². The van der Waals surface area contributed by atoms with Crippen molar-refractivity contribution < 1.29 is 18.0 Å². The molecule has 0 radical (unpaired) electrons. The van der Waals surface area contributed by atoms with Crippen LogP contribution < -0.4 is 5.32 Å².